The molecule has 1 aliphatic heterocycles. The lowest BCUT2D eigenvalue weighted by Gasteiger charge is -2.24. The van der Waals surface area contributed by atoms with Gasteiger partial charge in [0.2, 0.25) is 11.7 Å². The number of nitrogens with zero attached hydrogens (tertiary/aromatic N) is 3. The Morgan fingerprint density at radius 3 is 2.08 bits per heavy atom. The third-order valence-corrected chi connectivity index (χ3v) is 5.85. The minimum atomic E-state index is -4.68. The summed E-state index contributed by atoms with van der Waals surface area (Å²) in [6.45, 7) is 0.403. The van der Waals surface area contributed by atoms with E-state index in [0.29, 0.717) is 25.1 Å². The van der Waals surface area contributed by atoms with E-state index < -0.39 is 24.0 Å². The zero-order valence-corrected chi connectivity index (χ0v) is 19.3. The van der Waals surface area contributed by atoms with Gasteiger partial charge in [0.25, 0.3) is 0 Å². The van der Waals surface area contributed by atoms with Crippen LogP contribution in [-0.4, -0.2) is 50.5 Å². The van der Waals surface area contributed by atoms with E-state index in [0.717, 1.165) is 23.5 Å². The number of likely N-dealkylation sites (tertiary alicyclic amines) is 1. The minimum absolute atomic E-state index is 0.0193. The fraction of sp³-hybridized carbons (Fsp3) is 0.240. The molecule has 3 amide bonds. The number of amides is 3. The van der Waals surface area contributed by atoms with Crippen LogP contribution in [0.25, 0.3) is 11.1 Å². The number of hydrogen-bond acceptors (Lipinski definition) is 5. The fourth-order valence-electron chi connectivity index (χ4n) is 4.03. The average Bonchev–Trinajstić information content (AvgIpc) is 3.32. The zero-order chi connectivity index (χ0) is 26.6. The number of aromatic carboxylic acids is 1. The van der Waals surface area contributed by atoms with E-state index in [1.807, 2.05) is 0 Å². The van der Waals surface area contributed by atoms with Crippen molar-refractivity contribution in [1.29, 1.82) is 0 Å². The van der Waals surface area contributed by atoms with Gasteiger partial charge in [0.15, 0.2) is 0 Å². The van der Waals surface area contributed by atoms with Gasteiger partial charge in [-0.05, 0) is 48.2 Å². The predicted octanol–water partition coefficient (Wildman–Crippen LogP) is 4.89. The smallest absolute Gasteiger partial charge is 0.451 e. The topological polar surface area (TPSA) is 125 Å². The highest BCUT2D eigenvalue weighted by Crippen LogP contribution is 2.27. The van der Waals surface area contributed by atoms with Crippen LogP contribution in [0.15, 0.2) is 60.9 Å². The number of aromatic nitrogens is 2. The second kappa shape index (κ2) is 10.6. The molecule has 1 aliphatic rings. The molecule has 0 unspecified atom stereocenters. The normalized spacial score (nSPS) is 15.3. The van der Waals surface area contributed by atoms with Gasteiger partial charge in [0.05, 0.1) is 23.6 Å². The second-order valence-corrected chi connectivity index (χ2v) is 8.42. The van der Waals surface area contributed by atoms with Gasteiger partial charge in [-0.25, -0.2) is 19.6 Å². The number of carbonyl (C=O) groups is 3. The van der Waals surface area contributed by atoms with Crippen molar-refractivity contribution < 1.29 is 32.7 Å². The third kappa shape index (κ3) is 6.40. The van der Waals surface area contributed by atoms with Gasteiger partial charge in [-0.2, -0.15) is 13.2 Å². The number of urea groups is 1. The second-order valence-electron chi connectivity index (χ2n) is 8.42. The van der Waals surface area contributed by atoms with Gasteiger partial charge in [0, 0.05) is 24.7 Å². The number of rotatable bonds is 6. The molecule has 0 radical (unpaired) electrons. The van der Waals surface area contributed by atoms with E-state index in [9.17, 15) is 27.6 Å². The molecule has 2 heterocycles. The number of carboxylic acid groups (broad SMARTS) is 1. The maximum Gasteiger partial charge on any atom is 0.451 e. The summed E-state index contributed by atoms with van der Waals surface area (Å²) in [5, 5.41) is 14.3. The van der Waals surface area contributed by atoms with E-state index >= 15 is 0 Å². The molecule has 0 bridgehead atoms. The van der Waals surface area contributed by atoms with Gasteiger partial charge < -0.3 is 20.6 Å². The Balaban J connectivity index is 1.32. The van der Waals surface area contributed by atoms with Crippen molar-refractivity contribution in [3.8, 4) is 11.1 Å². The molecule has 1 atom stereocenters. The summed E-state index contributed by atoms with van der Waals surface area (Å²) < 4.78 is 37.8. The summed E-state index contributed by atoms with van der Waals surface area (Å²) in [4.78, 5) is 44.2. The van der Waals surface area contributed by atoms with Crippen LogP contribution in [0.3, 0.4) is 0 Å². The Bertz CT molecular complexity index is 1280. The Labute approximate surface area is 209 Å². The van der Waals surface area contributed by atoms with Crippen molar-refractivity contribution in [2.24, 2.45) is 0 Å². The molecule has 4 rings (SSSR count). The van der Waals surface area contributed by atoms with E-state index in [1.165, 1.54) is 17.0 Å². The van der Waals surface area contributed by atoms with Crippen LogP contribution < -0.4 is 10.6 Å². The number of nitrogens with one attached hydrogen (secondary N) is 2. The molecule has 3 N–H and O–H groups in total. The number of benzene rings is 2. The van der Waals surface area contributed by atoms with E-state index in [2.05, 4.69) is 20.6 Å². The lowest BCUT2D eigenvalue weighted by atomic mass is 10.0. The molecule has 1 saturated heterocycles. The summed E-state index contributed by atoms with van der Waals surface area (Å²) in [7, 11) is 0. The first-order valence-corrected chi connectivity index (χ1v) is 11.3. The number of alkyl halides is 3. The first kappa shape index (κ1) is 25.6. The summed E-state index contributed by atoms with van der Waals surface area (Å²) in [5.74, 6) is -2.59. The first-order valence-electron chi connectivity index (χ1n) is 11.3. The summed E-state index contributed by atoms with van der Waals surface area (Å²) in [6.07, 6.45) is -1.57. The summed E-state index contributed by atoms with van der Waals surface area (Å²) in [5.41, 5.74) is 2.45. The molecule has 9 nitrogen and oxygen atoms in total. The van der Waals surface area contributed by atoms with E-state index in [4.69, 9.17) is 5.11 Å². The maximum atomic E-state index is 12.7. The number of carbonyl (C=O) groups excluding carboxylic acids is 2. The van der Waals surface area contributed by atoms with Crippen LogP contribution in [0.1, 0.15) is 35.4 Å². The monoisotopic (exact) mass is 513 g/mol. The van der Waals surface area contributed by atoms with E-state index in [1.54, 1.807) is 36.4 Å². The summed E-state index contributed by atoms with van der Waals surface area (Å²) in [6, 6.07) is 12.6. The van der Waals surface area contributed by atoms with Crippen molar-refractivity contribution in [2.75, 3.05) is 17.2 Å². The molecule has 3 aromatic rings. The van der Waals surface area contributed by atoms with Gasteiger partial charge in [-0.1, -0.05) is 24.3 Å². The third-order valence-electron chi connectivity index (χ3n) is 5.85. The number of halogens is 3. The van der Waals surface area contributed by atoms with Crippen molar-refractivity contribution >= 4 is 29.3 Å². The highest BCUT2D eigenvalue weighted by Gasteiger charge is 2.35. The maximum absolute atomic E-state index is 12.7. The Kier molecular flexibility index (Phi) is 7.37. The molecule has 0 aliphatic carbocycles. The molecule has 12 heteroatoms. The van der Waals surface area contributed by atoms with Crippen molar-refractivity contribution in [2.45, 2.75) is 31.5 Å². The standard InChI is InChI=1S/C25H22F3N5O4/c26-25(27,28)23-29-13-19(14-30-23)32-24(37)33-11-1-2-20(33)12-21(34)31-18-9-7-16(8-10-18)15-3-5-17(6-4-15)22(35)36/h3-10,13-14,20H,1-2,11-12H2,(H,31,34)(H,32,37)(H,35,36)/t20-/m1/s1. The highest BCUT2D eigenvalue weighted by atomic mass is 19.4. The van der Waals surface area contributed by atoms with Crippen molar-refractivity contribution in [3.63, 3.8) is 0 Å². The van der Waals surface area contributed by atoms with Gasteiger partial charge >= 0.3 is 18.2 Å². The Hall–Kier alpha value is -4.48. The number of anilines is 2. The number of hydrogen-bond donors (Lipinski definition) is 3. The van der Waals surface area contributed by atoms with Gasteiger partial charge in [-0.15, -0.1) is 0 Å². The van der Waals surface area contributed by atoms with Crippen molar-refractivity contribution in [1.82, 2.24) is 14.9 Å². The molecular formula is C25H22F3N5O4. The lowest BCUT2D eigenvalue weighted by Crippen LogP contribution is -2.40. The largest absolute Gasteiger partial charge is 0.478 e. The Morgan fingerprint density at radius 1 is 0.919 bits per heavy atom. The zero-order valence-electron chi connectivity index (χ0n) is 19.3. The first-order chi connectivity index (χ1) is 17.6. The molecule has 192 valence electrons. The molecule has 1 aromatic heterocycles. The van der Waals surface area contributed by atoms with Crippen LogP contribution in [0.2, 0.25) is 0 Å². The Morgan fingerprint density at radius 2 is 1.51 bits per heavy atom. The SMILES string of the molecule is O=C(C[C@H]1CCCN1C(=O)Nc1cnc(C(F)(F)F)nc1)Nc1ccc(-c2ccc(C(=O)O)cc2)cc1. The molecule has 2 aromatic carbocycles. The number of carboxylic acids is 1. The van der Waals surface area contributed by atoms with Gasteiger partial charge in [-0.3, -0.25) is 4.79 Å². The van der Waals surface area contributed by atoms with Crippen LogP contribution in [0, 0.1) is 0 Å². The van der Waals surface area contributed by atoms with Gasteiger partial charge in [0.1, 0.15) is 0 Å². The molecule has 1 fully saturated rings. The highest BCUT2D eigenvalue weighted by molar-refractivity contribution is 5.93. The quantitative estimate of drug-likeness (QED) is 0.431. The molecule has 0 spiro atoms. The molecule has 37 heavy (non-hydrogen) atoms. The minimum Gasteiger partial charge on any atom is -0.478 e. The van der Waals surface area contributed by atoms with Crippen LogP contribution in [0.5, 0.6) is 0 Å². The fourth-order valence-corrected chi connectivity index (χ4v) is 4.03. The van der Waals surface area contributed by atoms with Crippen LogP contribution in [-0.2, 0) is 11.0 Å². The predicted molar refractivity (Wildman–Crippen MR) is 128 cm³/mol. The van der Waals surface area contributed by atoms with Crippen LogP contribution in [0.4, 0.5) is 29.3 Å². The molecule has 0 saturated carbocycles. The van der Waals surface area contributed by atoms with Crippen LogP contribution >= 0.6 is 0 Å². The van der Waals surface area contributed by atoms with E-state index in [-0.39, 0.29) is 29.6 Å². The van der Waals surface area contributed by atoms with Crippen molar-refractivity contribution in [3.05, 3.63) is 72.3 Å². The summed E-state index contributed by atoms with van der Waals surface area (Å²) >= 11 is 0. The lowest BCUT2D eigenvalue weighted by molar-refractivity contribution is -0.145. The molecular weight excluding hydrogens is 491 g/mol. The average molecular weight is 513 g/mol.